The van der Waals surface area contributed by atoms with Gasteiger partial charge >= 0.3 is 0 Å². The van der Waals surface area contributed by atoms with Crippen LogP contribution in [0.4, 0.5) is 0 Å². The molecular formula is C10H21N3O3S. The van der Waals surface area contributed by atoms with E-state index in [1.807, 2.05) is 6.92 Å². The highest BCUT2D eigenvalue weighted by Crippen LogP contribution is 2.13. The van der Waals surface area contributed by atoms with Crippen LogP contribution < -0.4 is 11.1 Å². The molecule has 0 radical (unpaired) electrons. The number of nitrogens with one attached hydrogen (secondary N) is 1. The lowest BCUT2D eigenvalue weighted by Gasteiger charge is -2.31. The van der Waals surface area contributed by atoms with E-state index in [-0.39, 0.29) is 11.9 Å². The van der Waals surface area contributed by atoms with Gasteiger partial charge in [0.2, 0.25) is 15.9 Å². The molecule has 0 aromatic heterocycles. The monoisotopic (exact) mass is 263 g/mol. The van der Waals surface area contributed by atoms with Crippen molar-refractivity contribution in [3.05, 3.63) is 0 Å². The molecule has 1 amide bonds. The largest absolute Gasteiger partial charge is 0.352 e. The molecule has 0 aromatic carbocycles. The minimum atomic E-state index is -3.10. The van der Waals surface area contributed by atoms with Crippen molar-refractivity contribution >= 4 is 15.9 Å². The smallest absolute Gasteiger partial charge is 0.237 e. The first-order valence-electron chi connectivity index (χ1n) is 5.85. The lowest BCUT2D eigenvalue weighted by Crippen LogP contribution is -2.50. The van der Waals surface area contributed by atoms with Crippen LogP contribution in [0.25, 0.3) is 0 Å². The second-order valence-corrected chi connectivity index (χ2v) is 6.44. The lowest BCUT2D eigenvalue weighted by molar-refractivity contribution is -0.123. The fourth-order valence-corrected chi connectivity index (χ4v) is 2.70. The molecule has 1 aliphatic heterocycles. The summed E-state index contributed by atoms with van der Waals surface area (Å²) in [5.41, 5.74) is 5.61. The Morgan fingerprint density at radius 2 is 2.00 bits per heavy atom. The first-order chi connectivity index (χ1) is 7.84. The van der Waals surface area contributed by atoms with Crippen LogP contribution in [0.5, 0.6) is 0 Å². The van der Waals surface area contributed by atoms with Crippen LogP contribution in [0.1, 0.15) is 26.2 Å². The Morgan fingerprint density at radius 1 is 1.47 bits per heavy atom. The van der Waals surface area contributed by atoms with Crippen molar-refractivity contribution in [2.75, 3.05) is 19.3 Å². The zero-order valence-electron chi connectivity index (χ0n) is 10.3. The number of carbonyl (C=O) groups is 1. The third-order valence-corrected chi connectivity index (χ3v) is 4.35. The summed E-state index contributed by atoms with van der Waals surface area (Å²) >= 11 is 0. The van der Waals surface area contributed by atoms with Gasteiger partial charge in [-0.25, -0.2) is 12.7 Å². The summed E-state index contributed by atoms with van der Waals surface area (Å²) in [7, 11) is -3.10. The van der Waals surface area contributed by atoms with Gasteiger partial charge in [0.25, 0.3) is 0 Å². The molecule has 1 rings (SSSR count). The van der Waals surface area contributed by atoms with E-state index in [1.165, 1.54) is 10.6 Å². The van der Waals surface area contributed by atoms with Crippen LogP contribution in [0, 0.1) is 0 Å². The van der Waals surface area contributed by atoms with Crippen LogP contribution in [-0.4, -0.2) is 50.1 Å². The maximum absolute atomic E-state index is 11.6. The summed E-state index contributed by atoms with van der Waals surface area (Å²) in [6.07, 6.45) is 3.11. The zero-order chi connectivity index (χ0) is 13.1. The van der Waals surface area contributed by atoms with Crippen molar-refractivity contribution in [3.63, 3.8) is 0 Å². The minimum Gasteiger partial charge on any atom is -0.352 e. The average molecular weight is 263 g/mol. The second kappa shape index (κ2) is 5.79. The molecule has 0 aliphatic carbocycles. The van der Waals surface area contributed by atoms with Gasteiger partial charge in [0.05, 0.1) is 12.3 Å². The van der Waals surface area contributed by atoms with Gasteiger partial charge in [0.1, 0.15) is 0 Å². The van der Waals surface area contributed by atoms with E-state index in [0.29, 0.717) is 32.4 Å². The molecule has 1 saturated heterocycles. The third kappa shape index (κ3) is 4.25. The van der Waals surface area contributed by atoms with Crippen LogP contribution in [0.3, 0.4) is 0 Å². The molecule has 0 spiro atoms. The van der Waals surface area contributed by atoms with Crippen LogP contribution in [-0.2, 0) is 14.8 Å². The summed E-state index contributed by atoms with van der Waals surface area (Å²) in [4.78, 5) is 11.6. The minimum absolute atomic E-state index is 0.0399. The number of hydrogen-bond acceptors (Lipinski definition) is 4. The van der Waals surface area contributed by atoms with Crippen molar-refractivity contribution in [2.24, 2.45) is 5.73 Å². The molecule has 6 nitrogen and oxygen atoms in total. The number of amides is 1. The number of hydrogen-bond donors (Lipinski definition) is 2. The van der Waals surface area contributed by atoms with Gasteiger partial charge < -0.3 is 11.1 Å². The van der Waals surface area contributed by atoms with E-state index in [2.05, 4.69) is 5.32 Å². The summed E-state index contributed by atoms with van der Waals surface area (Å²) in [6, 6.07) is -0.430. The van der Waals surface area contributed by atoms with Crippen molar-refractivity contribution in [1.82, 2.24) is 9.62 Å². The Bertz CT molecular complexity index is 361. The van der Waals surface area contributed by atoms with Crippen LogP contribution in [0.15, 0.2) is 0 Å². The highest BCUT2D eigenvalue weighted by atomic mass is 32.2. The number of carbonyl (C=O) groups excluding carboxylic acids is 1. The van der Waals surface area contributed by atoms with Gasteiger partial charge in [-0.05, 0) is 19.3 Å². The van der Waals surface area contributed by atoms with Crippen molar-refractivity contribution in [2.45, 2.75) is 38.3 Å². The molecule has 1 fully saturated rings. The Labute approximate surface area is 103 Å². The number of rotatable bonds is 4. The number of nitrogens with zero attached hydrogens (tertiary/aromatic N) is 1. The van der Waals surface area contributed by atoms with Crippen molar-refractivity contribution in [3.8, 4) is 0 Å². The molecule has 7 heteroatoms. The predicted octanol–water partition coefficient (Wildman–Crippen LogP) is -0.736. The predicted molar refractivity (Wildman–Crippen MR) is 65.8 cm³/mol. The molecule has 0 unspecified atom stereocenters. The summed E-state index contributed by atoms with van der Waals surface area (Å²) in [6.45, 7) is 2.78. The average Bonchev–Trinajstić information content (AvgIpc) is 2.27. The number of piperidine rings is 1. The molecule has 3 N–H and O–H groups in total. The van der Waals surface area contributed by atoms with Crippen LogP contribution in [0.2, 0.25) is 0 Å². The van der Waals surface area contributed by atoms with Crippen LogP contribution >= 0.6 is 0 Å². The van der Waals surface area contributed by atoms with E-state index in [9.17, 15) is 13.2 Å². The first kappa shape index (κ1) is 14.4. The lowest BCUT2D eigenvalue weighted by atomic mass is 10.1. The van der Waals surface area contributed by atoms with Crippen molar-refractivity contribution < 1.29 is 13.2 Å². The van der Waals surface area contributed by atoms with E-state index >= 15 is 0 Å². The highest BCUT2D eigenvalue weighted by Gasteiger charge is 2.26. The summed E-state index contributed by atoms with van der Waals surface area (Å²) in [5, 5.41) is 2.86. The van der Waals surface area contributed by atoms with Gasteiger partial charge in [-0.3, -0.25) is 4.79 Å². The number of nitrogens with two attached hydrogens (primary N) is 1. The molecule has 0 aromatic rings. The summed E-state index contributed by atoms with van der Waals surface area (Å²) < 4.78 is 24.0. The van der Waals surface area contributed by atoms with E-state index < -0.39 is 16.1 Å². The second-order valence-electron chi connectivity index (χ2n) is 4.46. The molecule has 0 bridgehead atoms. The molecular weight excluding hydrogens is 242 g/mol. The van der Waals surface area contributed by atoms with Gasteiger partial charge in [0, 0.05) is 19.1 Å². The molecule has 1 aliphatic rings. The zero-order valence-corrected chi connectivity index (χ0v) is 11.2. The third-order valence-electron chi connectivity index (χ3n) is 3.05. The Hall–Kier alpha value is -0.660. The molecule has 1 heterocycles. The maximum Gasteiger partial charge on any atom is 0.237 e. The topological polar surface area (TPSA) is 92.5 Å². The van der Waals surface area contributed by atoms with E-state index in [4.69, 9.17) is 5.73 Å². The highest BCUT2D eigenvalue weighted by molar-refractivity contribution is 7.88. The maximum atomic E-state index is 11.6. The Balaban J connectivity index is 2.40. The first-order valence-corrected chi connectivity index (χ1v) is 7.70. The standard InChI is InChI=1S/C10H21N3O3S/c1-3-9(11)10(14)12-8-4-6-13(7-5-8)17(2,15)16/h8-9H,3-7,11H2,1-2H3,(H,12,14)/t9-/m1/s1. The SMILES string of the molecule is CC[C@@H](N)C(=O)NC1CCN(S(C)(=O)=O)CC1. The molecule has 17 heavy (non-hydrogen) atoms. The fraction of sp³-hybridized carbons (Fsp3) is 0.900. The summed E-state index contributed by atoms with van der Waals surface area (Å²) in [5.74, 6) is -0.148. The van der Waals surface area contributed by atoms with Gasteiger partial charge in [-0.15, -0.1) is 0 Å². The van der Waals surface area contributed by atoms with E-state index in [1.54, 1.807) is 0 Å². The van der Waals surface area contributed by atoms with E-state index in [0.717, 1.165) is 0 Å². The quantitative estimate of drug-likeness (QED) is 0.699. The van der Waals surface area contributed by atoms with Gasteiger partial charge in [-0.1, -0.05) is 6.92 Å². The van der Waals surface area contributed by atoms with Gasteiger partial charge in [-0.2, -0.15) is 0 Å². The van der Waals surface area contributed by atoms with Crippen molar-refractivity contribution in [1.29, 1.82) is 0 Å². The molecule has 1 atom stereocenters. The normalized spacial score (nSPS) is 21.1. The molecule has 0 saturated carbocycles. The van der Waals surface area contributed by atoms with Gasteiger partial charge in [0.15, 0.2) is 0 Å². The Kier molecular flexibility index (Phi) is 4.91. The number of sulfonamides is 1. The Morgan fingerprint density at radius 3 is 2.41 bits per heavy atom. The fourth-order valence-electron chi connectivity index (χ4n) is 1.83. The molecule has 100 valence electrons.